The summed E-state index contributed by atoms with van der Waals surface area (Å²) in [4.78, 5) is 13.0. The molecule has 6 N–H and O–H groups in total. The molecule has 1 heterocycles. The lowest BCUT2D eigenvalue weighted by Crippen LogP contribution is -2.60. The zero-order valence-corrected chi connectivity index (χ0v) is 37.8. The van der Waals surface area contributed by atoms with Gasteiger partial charge in [0, 0.05) is 6.42 Å². The highest BCUT2D eigenvalue weighted by molar-refractivity contribution is 5.76. The first-order chi connectivity index (χ1) is 28.3. The fraction of sp³-hybridized carbons (Fsp3) is 0.939. The molecule has 9 heteroatoms. The second-order valence-corrected chi connectivity index (χ2v) is 17.6. The van der Waals surface area contributed by atoms with Crippen LogP contribution in [0.25, 0.3) is 0 Å². The number of hydrogen-bond acceptors (Lipinski definition) is 8. The van der Waals surface area contributed by atoms with Gasteiger partial charge in [-0.2, -0.15) is 0 Å². The Hall–Kier alpha value is -1.07. The topological polar surface area (TPSA) is 149 Å². The van der Waals surface area contributed by atoms with E-state index in [1.54, 1.807) is 0 Å². The van der Waals surface area contributed by atoms with Gasteiger partial charge in [0.15, 0.2) is 6.29 Å². The van der Waals surface area contributed by atoms with Crippen molar-refractivity contribution in [2.45, 2.75) is 281 Å². The van der Waals surface area contributed by atoms with Crippen molar-refractivity contribution in [3.05, 3.63) is 12.2 Å². The molecule has 0 aromatic rings. The summed E-state index contributed by atoms with van der Waals surface area (Å²) >= 11 is 0. The fourth-order valence-corrected chi connectivity index (χ4v) is 8.10. The summed E-state index contributed by atoms with van der Waals surface area (Å²) in [5.41, 5.74) is 0. The maximum Gasteiger partial charge on any atom is 0.220 e. The van der Waals surface area contributed by atoms with Crippen LogP contribution >= 0.6 is 0 Å². The lowest BCUT2D eigenvalue weighted by atomic mass is 9.99. The van der Waals surface area contributed by atoms with Crippen LogP contribution in [0.5, 0.6) is 0 Å². The third-order valence-corrected chi connectivity index (χ3v) is 12.1. The van der Waals surface area contributed by atoms with Crippen molar-refractivity contribution in [2.75, 3.05) is 13.2 Å². The van der Waals surface area contributed by atoms with Gasteiger partial charge in [0.05, 0.1) is 25.4 Å². The maximum atomic E-state index is 13.0. The molecule has 1 saturated heterocycles. The molecular formula is C49H95NO8. The molecule has 0 radical (unpaired) electrons. The molecule has 7 atom stereocenters. The summed E-state index contributed by atoms with van der Waals surface area (Å²) in [6.07, 6.45) is 39.3. The van der Waals surface area contributed by atoms with Gasteiger partial charge in [-0.3, -0.25) is 4.79 Å². The second-order valence-electron chi connectivity index (χ2n) is 17.6. The first-order valence-corrected chi connectivity index (χ1v) is 24.9. The minimum absolute atomic E-state index is 0.136. The van der Waals surface area contributed by atoms with Gasteiger partial charge in [0.1, 0.15) is 24.4 Å². The molecule has 0 aliphatic carbocycles. The van der Waals surface area contributed by atoms with Crippen molar-refractivity contribution in [1.29, 1.82) is 0 Å². The third-order valence-electron chi connectivity index (χ3n) is 12.1. The zero-order valence-electron chi connectivity index (χ0n) is 37.8. The summed E-state index contributed by atoms with van der Waals surface area (Å²) in [5, 5.41) is 54.5. The lowest BCUT2D eigenvalue weighted by molar-refractivity contribution is -0.302. The number of hydrogen-bond donors (Lipinski definition) is 6. The van der Waals surface area contributed by atoms with E-state index in [-0.39, 0.29) is 12.5 Å². The van der Waals surface area contributed by atoms with E-state index in [1.807, 2.05) is 0 Å². The Kier molecular flexibility index (Phi) is 37.9. The van der Waals surface area contributed by atoms with Crippen molar-refractivity contribution in [3.63, 3.8) is 0 Å². The molecule has 344 valence electrons. The van der Waals surface area contributed by atoms with Crippen LogP contribution in [0.3, 0.4) is 0 Å². The summed E-state index contributed by atoms with van der Waals surface area (Å²) in [7, 11) is 0. The van der Waals surface area contributed by atoms with E-state index in [0.717, 1.165) is 38.5 Å². The van der Waals surface area contributed by atoms with Gasteiger partial charge in [-0.1, -0.05) is 206 Å². The summed E-state index contributed by atoms with van der Waals surface area (Å²) in [6.45, 7) is 3.84. The molecule has 1 amide bonds. The Morgan fingerprint density at radius 2 is 0.966 bits per heavy atom. The Bertz CT molecular complexity index is 919. The molecule has 9 nitrogen and oxygen atoms in total. The Balaban J connectivity index is 2.28. The van der Waals surface area contributed by atoms with Crippen molar-refractivity contribution >= 4 is 5.91 Å². The van der Waals surface area contributed by atoms with E-state index in [2.05, 4.69) is 31.3 Å². The van der Waals surface area contributed by atoms with Gasteiger partial charge in [-0.15, -0.1) is 0 Å². The number of allylic oxidation sites excluding steroid dienone is 2. The Morgan fingerprint density at radius 1 is 0.569 bits per heavy atom. The first kappa shape index (κ1) is 54.9. The normalized spacial score (nSPS) is 20.8. The van der Waals surface area contributed by atoms with Crippen LogP contribution < -0.4 is 5.32 Å². The van der Waals surface area contributed by atoms with Crippen LogP contribution in [-0.2, 0) is 14.3 Å². The Morgan fingerprint density at radius 3 is 1.41 bits per heavy atom. The molecule has 0 saturated carbocycles. The number of unbranched alkanes of at least 4 members (excludes halogenated alkanes) is 30. The number of carbonyl (C=O) groups is 1. The molecule has 1 aliphatic rings. The van der Waals surface area contributed by atoms with Gasteiger partial charge in [-0.25, -0.2) is 0 Å². The molecule has 0 bridgehead atoms. The van der Waals surface area contributed by atoms with Gasteiger partial charge in [0.25, 0.3) is 0 Å². The highest BCUT2D eigenvalue weighted by atomic mass is 16.7. The maximum absolute atomic E-state index is 13.0. The predicted molar refractivity (Wildman–Crippen MR) is 240 cm³/mol. The number of amides is 1. The van der Waals surface area contributed by atoms with Crippen LogP contribution in [0, 0.1) is 0 Å². The second kappa shape index (κ2) is 40.0. The van der Waals surface area contributed by atoms with Gasteiger partial charge in [-0.05, 0) is 38.5 Å². The molecule has 1 fully saturated rings. The number of nitrogens with one attached hydrogen (secondary N) is 1. The van der Waals surface area contributed by atoms with Crippen LogP contribution in [0.2, 0.25) is 0 Å². The molecule has 1 aliphatic heterocycles. The summed E-state index contributed by atoms with van der Waals surface area (Å²) < 4.78 is 11.3. The first-order valence-electron chi connectivity index (χ1n) is 24.9. The smallest absolute Gasteiger partial charge is 0.220 e. The van der Waals surface area contributed by atoms with E-state index >= 15 is 0 Å². The minimum Gasteiger partial charge on any atom is -0.394 e. The minimum atomic E-state index is -1.55. The number of aliphatic hydroxyl groups excluding tert-OH is 5. The highest BCUT2D eigenvalue weighted by Crippen LogP contribution is 2.23. The summed E-state index contributed by atoms with van der Waals surface area (Å²) in [5.74, 6) is -0.147. The molecule has 0 aromatic carbocycles. The molecular weight excluding hydrogens is 731 g/mol. The Labute approximate surface area is 356 Å². The van der Waals surface area contributed by atoms with Gasteiger partial charge in [0.2, 0.25) is 5.91 Å². The van der Waals surface area contributed by atoms with Gasteiger partial charge >= 0.3 is 0 Å². The monoisotopic (exact) mass is 826 g/mol. The van der Waals surface area contributed by atoms with Crippen molar-refractivity contribution in [1.82, 2.24) is 5.32 Å². The lowest BCUT2D eigenvalue weighted by Gasteiger charge is -2.40. The van der Waals surface area contributed by atoms with Crippen molar-refractivity contribution < 1.29 is 39.8 Å². The number of carbonyl (C=O) groups excluding carboxylic acids is 1. The van der Waals surface area contributed by atoms with Crippen LogP contribution in [0.1, 0.15) is 239 Å². The molecule has 7 unspecified atom stereocenters. The zero-order chi connectivity index (χ0) is 42.3. The van der Waals surface area contributed by atoms with Gasteiger partial charge < -0.3 is 40.3 Å². The SMILES string of the molecule is CCCCCC/C=C\CCCCCCCCCC(=O)NC(COC1OC(CO)C(O)C(O)C1O)C(O)CCCCCCCCCCCCCCCCCCCCCC. The molecule has 1 rings (SSSR count). The number of rotatable bonds is 42. The predicted octanol–water partition coefficient (Wildman–Crippen LogP) is 10.9. The average molecular weight is 826 g/mol. The number of aliphatic hydroxyl groups is 5. The van der Waals surface area contributed by atoms with E-state index in [1.165, 1.54) is 173 Å². The quantitative estimate of drug-likeness (QED) is 0.0263. The van der Waals surface area contributed by atoms with Crippen molar-refractivity contribution in [3.8, 4) is 0 Å². The van der Waals surface area contributed by atoms with Crippen LogP contribution in [0.4, 0.5) is 0 Å². The van der Waals surface area contributed by atoms with E-state index in [4.69, 9.17) is 9.47 Å². The summed E-state index contributed by atoms with van der Waals surface area (Å²) in [6, 6.07) is -0.717. The van der Waals surface area contributed by atoms with Crippen LogP contribution in [-0.4, -0.2) is 87.5 Å². The molecule has 0 spiro atoms. The van der Waals surface area contributed by atoms with Crippen molar-refractivity contribution in [2.24, 2.45) is 0 Å². The third kappa shape index (κ3) is 30.0. The highest BCUT2D eigenvalue weighted by Gasteiger charge is 2.44. The number of ether oxygens (including phenoxy) is 2. The molecule has 0 aromatic heterocycles. The fourth-order valence-electron chi connectivity index (χ4n) is 8.10. The largest absolute Gasteiger partial charge is 0.394 e. The van der Waals surface area contributed by atoms with E-state index in [9.17, 15) is 30.3 Å². The van der Waals surface area contributed by atoms with E-state index < -0.39 is 49.5 Å². The molecule has 58 heavy (non-hydrogen) atoms. The average Bonchev–Trinajstić information content (AvgIpc) is 3.22. The van der Waals surface area contributed by atoms with E-state index in [0.29, 0.717) is 12.8 Å². The van der Waals surface area contributed by atoms with Crippen LogP contribution in [0.15, 0.2) is 12.2 Å². The standard InChI is InChI=1S/C49H95NO8/c1-3-5-7-9-11-13-15-17-19-20-21-22-23-25-26-28-30-32-34-36-38-43(52)42(41-57-49-48(56)47(55)46(54)44(40-51)58-49)50-45(53)39-37-35-33-31-29-27-24-18-16-14-12-10-8-6-4-2/h14,16,42-44,46-49,51-52,54-56H,3-13,15,17-41H2,1-2H3,(H,50,53)/b16-14-.